The fourth-order valence-corrected chi connectivity index (χ4v) is 2.81. The summed E-state index contributed by atoms with van der Waals surface area (Å²) in [6.07, 6.45) is 0.924. The second-order valence-corrected chi connectivity index (χ2v) is 5.08. The minimum Gasteiger partial charge on any atom is -0.508 e. The van der Waals surface area contributed by atoms with Crippen LogP contribution < -0.4 is 0 Å². The predicted octanol–water partition coefficient (Wildman–Crippen LogP) is 2.09. The van der Waals surface area contributed by atoms with Gasteiger partial charge in [0.25, 0.3) is 5.91 Å². The van der Waals surface area contributed by atoms with Crippen molar-refractivity contribution in [2.75, 3.05) is 26.2 Å². The summed E-state index contributed by atoms with van der Waals surface area (Å²) in [5, 5.41) is 9.19. The maximum absolute atomic E-state index is 13.7. The van der Waals surface area contributed by atoms with Crippen LogP contribution in [-0.2, 0) is 0 Å². The first-order chi connectivity index (χ1) is 9.56. The third kappa shape index (κ3) is 2.93. The van der Waals surface area contributed by atoms with Crippen LogP contribution in [0.15, 0.2) is 18.2 Å². The van der Waals surface area contributed by atoms with Gasteiger partial charge in [0.05, 0.1) is 5.56 Å². The molecule has 1 aliphatic heterocycles. The number of halogens is 1. The number of rotatable bonds is 4. The highest BCUT2D eigenvalue weighted by atomic mass is 19.1. The molecule has 0 aromatic heterocycles. The zero-order valence-electron chi connectivity index (χ0n) is 12.0. The minimum absolute atomic E-state index is 0.0306. The fraction of sp³-hybridized carbons (Fsp3) is 0.533. The first-order valence-electron chi connectivity index (χ1n) is 7.08. The van der Waals surface area contributed by atoms with Crippen molar-refractivity contribution in [2.24, 2.45) is 0 Å². The maximum Gasteiger partial charge on any atom is 0.256 e. The number of carbonyl (C=O) groups is 1. The Morgan fingerprint density at radius 2 is 2.15 bits per heavy atom. The number of nitrogens with zero attached hydrogens (tertiary/aromatic N) is 2. The molecule has 0 aliphatic carbocycles. The number of hydrogen-bond acceptors (Lipinski definition) is 3. The summed E-state index contributed by atoms with van der Waals surface area (Å²) in [6, 6.07) is 4.02. The summed E-state index contributed by atoms with van der Waals surface area (Å²) in [7, 11) is 0. The van der Waals surface area contributed by atoms with Crippen LogP contribution in [0.3, 0.4) is 0 Å². The first-order valence-corrected chi connectivity index (χ1v) is 7.08. The highest BCUT2D eigenvalue weighted by Gasteiger charge is 2.30. The van der Waals surface area contributed by atoms with Crippen molar-refractivity contribution in [3.63, 3.8) is 0 Å². The molecule has 0 radical (unpaired) electrons. The monoisotopic (exact) mass is 280 g/mol. The molecule has 1 aromatic rings. The topological polar surface area (TPSA) is 43.8 Å². The van der Waals surface area contributed by atoms with Gasteiger partial charge in [-0.25, -0.2) is 4.39 Å². The fourth-order valence-electron chi connectivity index (χ4n) is 2.81. The van der Waals surface area contributed by atoms with Gasteiger partial charge in [0.2, 0.25) is 0 Å². The molecule has 0 bridgehead atoms. The zero-order chi connectivity index (χ0) is 14.7. The van der Waals surface area contributed by atoms with Gasteiger partial charge in [-0.2, -0.15) is 0 Å². The van der Waals surface area contributed by atoms with Crippen LogP contribution in [0.4, 0.5) is 4.39 Å². The van der Waals surface area contributed by atoms with Crippen LogP contribution in [0.5, 0.6) is 5.75 Å². The molecule has 20 heavy (non-hydrogen) atoms. The molecule has 0 saturated carbocycles. The molecule has 2 rings (SSSR count). The van der Waals surface area contributed by atoms with Crippen LogP contribution in [0.25, 0.3) is 0 Å². The Balaban J connectivity index is 2.08. The molecule has 1 amide bonds. The maximum atomic E-state index is 13.7. The van der Waals surface area contributed by atoms with E-state index in [-0.39, 0.29) is 17.2 Å². The summed E-state index contributed by atoms with van der Waals surface area (Å²) < 4.78 is 13.7. The molecular weight excluding hydrogens is 259 g/mol. The van der Waals surface area contributed by atoms with Crippen LogP contribution in [-0.4, -0.2) is 53.0 Å². The molecule has 5 heteroatoms. The average Bonchev–Trinajstić information content (AvgIpc) is 2.89. The smallest absolute Gasteiger partial charge is 0.256 e. The first kappa shape index (κ1) is 14.8. The Labute approximate surface area is 118 Å². The lowest BCUT2D eigenvalue weighted by atomic mass is 10.2. The third-order valence-corrected chi connectivity index (χ3v) is 3.96. The Kier molecular flexibility index (Phi) is 4.60. The molecule has 1 saturated heterocycles. The van der Waals surface area contributed by atoms with Gasteiger partial charge in [0.1, 0.15) is 11.6 Å². The zero-order valence-corrected chi connectivity index (χ0v) is 12.0. The molecule has 1 fully saturated rings. The highest BCUT2D eigenvalue weighted by molar-refractivity contribution is 5.94. The molecule has 0 spiro atoms. The number of aromatic hydroxyl groups is 1. The van der Waals surface area contributed by atoms with Gasteiger partial charge in [-0.1, -0.05) is 13.8 Å². The van der Waals surface area contributed by atoms with E-state index in [2.05, 4.69) is 18.7 Å². The summed E-state index contributed by atoms with van der Waals surface area (Å²) in [5.74, 6) is -1.13. The van der Waals surface area contributed by atoms with Crippen molar-refractivity contribution in [2.45, 2.75) is 26.3 Å². The number of carbonyl (C=O) groups excluding carboxylic acids is 1. The van der Waals surface area contributed by atoms with E-state index >= 15 is 0 Å². The van der Waals surface area contributed by atoms with Crippen molar-refractivity contribution in [1.29, 1.82) is 0 Å². The Morgan fingerprint density at radius 3 is 2.75 bits per heavy atom. The van der Waals surface area contributed by atoms with Gasteiger partial charge >= 0.3 is 0 Å². The van der Waals surface area contributed by atoms with Gasteiger partial charge in [-0.3, -0.25) is 9.69 Å². The van der Waals surface area contributed by atoms with Crippen molar-refractivity contribution >= 4 is 5.91 Å². The molecular formula is C15H21FN2O2. The average molecular weight is 280 g/mol. The van der Waals surface area contributed by atoms with E-state index < -0.39 is 5.82 Å². The van der Waals surface area contributed by atoms with Gasteiger partial charge in [0.15, 0.2) is 0 Å². The van der Waals surface area contributed by atoms with Crippen LogP contribution >= 0.6 is 0 Å². The van der Waals surface area contributed by atoms with Crippen LogP contribution in [0, 0.1) is 5.82 Å². The SMILES string of the molecule is CCN(CC)C1CCN(C(=O)c2ccc(O)cc2F)C1. The van der Waals surface area contributed by atoms with Gasteiger partial charge in [-0.15, -0.1) is 0 Å². The van der Waals surface area contributed by atoms with E-state index in [0.29, 0.717) is 19.1 Å². The molecule has 1 N–H and O–H groups in total. The molecule has 110 valence electrons. The van der Waals surface area contributed by atoms with Gasteiger partial charge in [0, 0.05) is 25.2 Å². The number of amides is 1. The third-order valence-electron chi connectivity index (χ3n) is 3.96. The van der Waals surface area contributed by atoms with E-state index in [4.69, 9.17) is 0 Å². The second-order valence-electron chi connectivity index (χ2n) is 5.08. The number of benzene rings is 1. The predicted molar refractivity (Wildman–Crippen MR) is 75.3 cm³/mol. The quantitative estimate of drug-likeness (QED) is 0.918. The normalized spacial score (nSPS) is 18.8. The van der Waals surface area contributed by atoms with E-state index in [1.54, 1.807) is 4.90 Å². The summed E-state index contributed by atoms with van der Waals surface area (Å²) in [6.45, 7) is 7.41. The Hall–Kier alpha value is -1.62. The van der Waals surface area contributed by atoms with Crippen molar-refractivity contribution < 1.29 is 14.3 Å². The van der Waals surface area contributed by atoms with Crippen LogP contribution in [0.1, 0.15) is 30.6 Å². The Morgan fingerprint density at radius 1 is 1.45 bits per heavy atom. The van der Waals surface area contributed by atoms with Gasteiger partial charge in [-0.05, 0) is 31.6 Å². The molecule has 1 aromatic carbocycles. The number of phenols is 1. The number of phenolic OH excluding ortho intramolecular Hbond substituents is 1. The molecule has 1 heterocycles. The van der Waals surface area contributed by atoms with Crippen LogP contribution in [0.2, 0.25) is 0 Å². The number of likely N-dealkylation sites (N-methyl/N-ethyl adjacent to an activating group) is 1. The lowest BCUT2D eigenvalue weighted by Gasteiger charge is -2.26. The van der Waals surface area contributed by atoms with E-state index in [9.17, 15) is 14.3 Å². The lowest BCUT2D eigenvalue weighted by Crippen LogP contribution is -2.38. The summed E-state index contributed by atoms with van der Waals surface area (Å²) in [4.78, 5) is 16.3. The summed E-state index contributed by atoms with van der Waals surface area (Å²) in [5.41, 5.74) is 0.0306. The largest absolute Gasteiger partial charge is 0.508 e. The van der Waals surface area contributed by atoms with Crippen molar-refractivity contribution in [3.8, 4) is 5.75 Å². The number of hydrogen-bond donors (Lipinski definition) is 1. The molecule has 1 atom stereocenters. The van der Waals surface area contributed by atoms with Gasteiger partial charge < -0.3 is 10.0 Å². The standard InChI is InChI=1S/C15H21FN2O2/c1-3-17(4-2)11-7-8-18(10-11)15(20)13-6-5-12(19)9-14(13)16/h5-6,9,11,19H,3-4,7-8,10H2,1-2H3. The second kappa shape index (κ2) is 6.22. The molecule has 1 unspecified atom stereocenters. The van der Waals surface area contributed by atoms with E-state index in [1.807, 2.05) is 0 Å². The van der Waals surface area contributed by atoms with Crippen molar-refractivity contribution in [3.05, 3.63) is 29.6 Å². The highest BCUT2D eigenvalue weighted by Crippen LogP contribution is 2.21. The van der Waals surface area contributed by atoms with E-state index in [1.165, 1.54) is 12.1 Å². The Bertz CT molecular complexity index is 489. The summed E-state index contributed by atoms with van der Waals surface area (Å²) >= 11 is 0. The molecule has 1 aliphatic rings. The van der Waals surface area contributed by atoms with Crippen molar-refractivity contribution in [1.82, 2.24) is 9.80 Å². The van der Waals surface area contributed by atoms with E-state index in [0.717, 1.165) is 25.6 Å². The minimum atomic E-state index is -0.665. The molecule has 4 nitrogen and oxygen atoms in total. The lowest BCUT2D eigenvalue weighted by molar-refractivity contribution is 0.0773. The number of likely N-dealkylation sites (tertiary alicyclic amines) is 1.